The first-order chi connectivity index (χ1) is 10.1. The SMILES string of the molecule is CCCOc1cccc(C(Cc2cc(C)nn2C)NC)c1. The first kappa shape index (κ1) is 15.6. The number of nitrogens with one attached hydrogen (secondary N) is 1. The van der Waals surface area contributed by atoms with E-state index in [4.69, 9.17) is 4.74 Å². The van der Waals surface area contributed by atoms with Crippen molar-refractivity contribution >= 4 is 0 Å². The quantitative estimate of drug-likeness (QED) is 0.851. The van der Waals surface area contributed by atoms with Crippen molar-refractivity contribution in [3.8, 4) is 5.75 Å². The highest BCUT2D eigenvalue weighted by Crippen LogP contribution is 2.22. The number of hydrogen-bond acceptors (Lipinski definition) is 3. The van der Waals surface area contributed by atoms with Crippen molar-refractivity contribution in [1.82, 2.24) is 15.1 Å². The molecule has 21 heavy (non-hydrogen) atoms. The molecule has 0 bridgehead atoms. The number of nitrogens with zero attached hydrogens (tertiary/aromatic N) is 2. The molecule has 0 spiro atoms. The summed E-state index contributed by atoms with van der Waals surface area (Å²) in [6.45, 7) is 4.90. The number of ether oxygens (including phenoxy) is 1. The summed E-state index contributed by atoms with van der Waals surface area (Å²) < 4.78 is 7.68. The van der Waals surface area contributed by atoms with E-state index in [2.05, 4.69) is 41.6 Å². The standard InChI is InChI=1S/C17H25N3O/c1-5-9-21-16-8-6-7-14(11-16)17(18-3)12-15-10-13(2)19-20(15)4/h6-8,10-11,17-18H,5,9,12H2,1-4H3. The van der Waals surface area contributed by atoms with Crippen molar-refractivity contribution in [2.45, 2.75) is 32.7 Å². The van der Waals surface area contributed by atoms with Crippen LogP contribution in [0, 0.1) is 6.92 Å². The second kappa shape index (κ2) is 7.27. The molecule has 0 aliphatic carbocycles. The summed E-state index contributed by atoms with van der Waals surface area (Å²) in [4.78, 5) is 0. The molecule has 1 aromatic carbocycles. The molecule has 114 valence electrons. The fourth-order valence-corrected chi connectivity index (χ4v) is 2.49. The number of aryl methyl sites for hydroxylation is 2. The average molecular weight is 287 g/mol. The molecule has 1 N–H and O–H groups in total. The van der Waals surface area contributed by atoms with Gasteiger partial charge in [0.2, 0.25) is 0 Å². The Hall–Kier alpha value is -1.81. The van der Waals surface area contributed by atoms with E-state index in [1.165, 1.54) is 11.3 Å². The van der Waals surface area contributed by atoms with Gasteiger partial charge in [0.05, 0.1) is 12.3 Å². The maximum Gasteiger partial charge on any atom is 0.119 e. The van der Waals surface area contributed by atoms with E-state index in [1.807, 2.05) is 31.8 Å². The van der Waals surface area contributed by atoms with E-state index < -0.39 is 0 Å². The Morgan fingerprint density at radius 1 is 1.33 bits per heavy atom. The summed E-state index contributed by atoms with van der Waals surface area (Å²) in [6, 6.07) is 10.7. The van der Waals surface area contributed by atoms with Gasteiger partial charge in [-0.05, 0) is 44.2 Å². The molecule has 1 atom stereocenters. The van der Waals surface area contributed by atoms with E-state index in [0.717, 1.165) is 30.9 Å². The van der Waals surface area contributed by atoms with E-state index in [-0.39, 0.29) is 6.04 Å². The molecular weight excluding hydrogens is 262 g/mol. The van der Waals surface area contributed by atoms with Crippen molar-refractivity contribution in [3.05, 3.63) is 47.3 Å². The molecule has 0 aliphatic heterocycles. The van der Waals surface area contributed by atoms with Crippen LogP contribution in [0.5, 0.6) is 5.75 Å². The molecule has 0 saturated carbocycles. The molecule has 1 heterocycles. The summed E-state index contributed by atoms with van der Waals surface area (Å²) >= 11 is 0. The molecule has 0 amide bonds. The summed E-state index contributed by atoms with van der Waals surface area (Å²) in [5.74, 6) is 0.941. The molecule has 0 aliphatic rings. The van der Waals surface area contributed by atoms with Crippen molar-refractivity contribution in [2.24, 2.45) is 7.05 Å². The zero-order valence-corrected chi connectivity index (χ0v) is 13.4. The Balaban J connectivity index is 2.15. The third-order valence-electron chi connectivity index (χ3n) is 3.59. The van der Waals surface area contributed by atoms with Gasteiger partial charge in [-0.1, -0.05) is 19.1 Å². The molecule has 1 unspecified atom stereocenters. The first-order valence-electron chi connectivity index (χ1n) is 7.53. The van der Waals surface area contributed by atoms with Gasteiger partial charge in [-0.25, -0.2) is 0 Å². The van der Waals surface area contributed by atoms with Crippen LogP contribution >= 0.6 is 0 Å². The lowest BCUT2D eigenvalue weighted by Crippen LogP contribution is -2.20. The van der Waals surface area contributed by atoms with Crippen LogP contribution in [0.1, 0.15) is 36.3 Å². The Labute approximate surface area is 127 Å². The highest BCUT2D eigenvalue weighted by molar-refractivity contribution is 5.31. The molecule has 0 saturated heterocycles. The summed E-state index contributed by atoms with van der Waals surface area (Å²) in [7, 11) is 3.99. The topological polar surface area (TPSA) is 39.1 Å². The molecular formula is C17H25N3O. The Bertz CT molecular complexity index is 577. The summed E-state index contributed by atoms with van der Waals surface area (Å²) in [6.07, 6.45) is 1.93. The molecule has 0 radical (unpaired) electrons. The zero-order chi connectivity index (χ0) is 15.2. The monoisotopic (exact) mass is 287 g/mol. The smallest absolute Gasteiger partial charge is 0.119 e. The lowest BCUT2D eigenvalue weighted by Gasteiger charge is -2.17. The second-order valence-electron chi connectivity index (χ2n) is 5.37. The van der Waals surface area contributed by atoms with Gasteiger partial charge in [0.1, 0.15) is 5.75 Å². The minimum absolute atomic E-state index is 0.255. The van der Waals surface area contributed by atoms with Gasteiger partial charge in [0.15, 0.2) is 0 Å². The maximum atomic E-state index is 5.72. The van der Waals surface area contributed by atoms with Crippen LogP contribution in [0.3, 0.4) is 0 Å². The van der Waals surface area contributed by atoms with Crippen LogP contribution in [0.15, 0.2) is 30.3 Å². The fourth-order valence-electron chi connectivity index (χ4n) is 2.49. The van der Waals surface area contributed by atoms with Gasteiger partial charge in [-0.2, -0.15) is 5.10 Å². The minimum Gasteiger partial charge on any atom is -0.494 e. The highest BCUT2D eigenvalue weighted by atomic mass is 16.5. The zero-order valence-electron chi connectivity index (χ0n) is 13.4. The summed E-state index contributed by atoms with van der Waals surface area (Å²) in [5, 5.41) is 7.80. The van der Waals surface area contributed by atoms with Crippen LogP contribution < -0.4 is 10.1 Å². The number of likely N-dealkylation sites (N-methyl/N-ethyl adjacent to an activating group) is 1. The Morgan fingerprint density at radius 3 is 2.76 bits per heavy atom. The third kappa shape index (κ3) is 4.08. The largest absolute Gasteiger partial charge is 0.494 e. The van der Waals surface area contributed by atoms with Gasteiger partial charge in [0, 0.05) is 25.2 Å². The molecule has 2 rings (SSSR count). The predicted octanol–water partition coefficient (Wildman–Crippen LogP) is 3.02. The van der Waals surface area contributed by atoms with Crippen LogP contribution in [0.2, 0.25) is 0 Å². The van der Waals surface area contributed by atoms with Crippen LogP contribution in [-0.2, 0) is 13.5 Å². The minimum atomic E-state index is 0.255. The molecule has 4 heteroatoms. The van der Waals surface area contributed by atoms with E-state index >= 15 is 0 Å². The highest BCUT2D eigenvalue weighted by Gasteiger charge is 2.13. The average Bonchev–Trinajstić information content (AvgIpc) is 2.80. The number of benzene rings is 1. The number of rotatable bonds is 7. The normalized spacial score (nSPS) is 12.4. The van der Waals surface area contributed by atoms with Crippen LogP contribution in [-0.4, -0.2) is 23.4 Å². The molecule has 1 aromatic heterocycles. The Kier molecular flexibility index (Phi) is 5.39. The molecule has 4 nitrogen and oxygen atoms in total. The maximum absolute atomic E-state index is 5.72. The first-order valence-corrected chi connectivity index (χ1v) is 7.53. The van der Waals surface area contributed by atoms with Gasteiger partial charge in [-0.3, -0.25) is 4.68 Å². The van der Waals surface area contributed by atoms with Crippen molar-refractivity contribution in [1.29, 1.82) is 0 Å². The second-order valence-corrected chi connectivity index (χ2v) is 5.37. The number of aromatic nitrogens is 2. The molecule has 2 aromatic rings. The van der Waals surface area contributed by atoms with Crippen molar-refractivity contribution < 1.29 is 4.74 Å². The van der Waals surface area contributed by atoms with E-state index in [1.54, 1.807) is 0 Å². The van der Waals surface area contributed by atoms with Gasteiger partial charge < -0.3 is 10.1 Å². The van der Waals surface area contributed by atoms with Crippen LogP contribution in [0.25, 0.3) is 0 Å². The lowest BCUT2D eigenvalue weighted by atomic mass is 10.0. The lowest BCUT2D eigenvalue weighted by molar-refractivity contribution is 0.316. The molecule has 0 fully saturated rings. The number of hydrogen-bond donors (Lipinski definition) is 1. The third-order valence-corrected chi connectivity index (χ3v) is 3.59. The van der Waals surface area contributed by atoms with Crippen LogP contribution in [0.4, 0.5) is 0 Å². The van der Waals surface area contributed by atoms with Gasteiger partial charge in [0.25, 0.3) is 0 Å². The van der Waals surface area contributed by atoms with Crippen molar-refractivity contribution in [2.75, 3.05) is 13.7 Å². The van der Waals surface area contributed by atoms with Gasteiger partial charge in [-0.15, -0.1) is 0 Å². The predicted molar refractivity (Wildman–Crippen MR) is 85.7 cm³/mol. The van der Waals surface area contributed by atoms with E-state index in [0.29, 0.717) is 0 Å². The van der Waals surface area contributed by atoms with Crippen molar-refractivity contribution in [3.63, 3.8) is 0 Å². The van der Waals surface area contributed by atoms with E-state index in [9.17, 15) is 0 Å². The summed E-state index contributed by atoms with van der Waals surface area (Å²) in [5.41, 5.74) is 3.53. The fraction of sp³-hybridized carbons (Fsp3) is 0.471. The Morgan fingerprint density at radius 2 is 2.14 bits per heavy atom. The van der Waals surface area contributed by atoms with Gasteiger partial charge >= 0.3 is 0 Å².